The van der Waals surface area contributed by atoms with E-state index >= 15 is 0 Å². The minimum Gasteiger partial charge on any atom is -0.491 e. The number of amides is 3. The Hall–Kier alpha value is -2.65. The van der Waals surface area contributed by atoms with Crippen molar-refractivity contribution < 1.29 is 23.5 Å². The predicted molar refractivity (Wildman–Crippen MR) is 133 cm³/mol. The zero-order valence-corrected chi connectivity index (χ0v) is 21.4. The number of hydrogen-bond donors (Lipinski definition) is 1. The van der Waals surface area contributed by atoms with Gasteiger partial charge in [0, 0.05) is 30.1 Å². The van der Waals surface area contributed by atoms with Crippen molar-refractivity contribution in [3.63, 3.8) is 0 Å². The molecule has 9 heteroatoms. The summed E-state index contributed by atoms with van der Waals surface area (Å²) in [5, 5.41) is 5.01. The molecule has 0 spiro atoms. The summed E-state index contributed by atoms with van der Waals surface area (Å²) < 4.78 is 25.0. The van der Waals surface area contributed by atoms with Gasteiger partial charge in [-0.3, -0.25) is 4.79 Å². The smallest absolute Gasteiger partial charge is 0.318 e. The summed E-state index contributed by atoms with van der Waals surface area (Å²) >= 11 is 1.68. The maximum absolute atomic E-state index is 13.6. The van der Waals surface area contributed by atoms with Gasteiger partial charge in [-0.1, -0.05) is 0 Å². The first-order valence-corrected chi connectivity index (χ1v) is 13.0. The third-order valence-electron chi connectivity index (χ3n) is 6.18. The lowest BCUT2D eigenvalue weighted by Gasteiger charge is -2.37. The Morgan fingerprint density at radius 2 is 2.03 bits per heavy atom. The van der Waals surface area contributed by atoms with Crippen LogP contribution in [0.4, 0.5) is 9.18 Å². The Morgan fingerprint density at radius 3 is 2.71 bits per heavy atom. The summed E-state index contributed by atoms with van der Waals surface area (Å²) in [5.41, 5.74) is 0.651. The predicted octanol–water partition coefficient (Wildman–Crippen LogP) is 4.38. The highest BCUT2D eigenvalue weighted by Gasteiger charge is 2.34. The Labute approximate surface area is 210 Å². The SMILES string of the molecule is CC(C)(C)NC(=O)N(CC(=O)N1CCc2sccc2C1COc1ccc(F)cc1)CC1CCCO1. The second-order valence-corrected chi connectivity index (χ2v) is 11.1. The molecule has 0 bridgehead atoms. The molecule has 1 fully saturated rings. The van der Waals surface area contributed by atoms with E-state index in [1.807, 2.05) is 37.1 Å². The van der Waals surface area contributed by atoms with Crippen LogP contribution >= 0.6 is 11.3 Å². The Kier molecular flexibility index (Phi) is 7.96. The Morgan fingerprint density at radius 1 is 1.26 bits per heavy atom. The monoisotopic (exact) mass is 503 g/mol. The summed E-state index contributed by atoms with van der Waals surface area (Å²) in [4.78, 5) is 31.3. The number of ether oxygens (including phenoxy) is 2. The van der Waals surface area contributed by atoms with Gasteiger partial charge in [0.2, 0.25) is 5.91 Å². The fourth-order valence-corrected chi connectivity index (χ4v) is 5.42. The largest absolute Gasteiger partial charge is 0.491 e. The van der Waals surface area contributed by atoms with E-state index in [1.165, 1.54) is 17.0 Å². The minimum atomic E-state index is -0.419. The highest BCUT2D eigenvalue weighted by Crippen LogP contribution is 2.34. The standard InChI is InChI=1S/C26H34FN3O4S/c1-26(2,3)28-25(32)29(15-20-5-4-13-33-20)16-24(31)30-12-10-23-21(11-14-35-23)22(30)17-34-19-8-6-18(27)7-9-19/h6-9,11,14,20,22H,4-5,10,12-13,15-17H2,1-3H3,(H,28,32). The summed E-state index contributed by atoms with van der Waals surface area (Å²) in [6.45, 7) is 7.59. The number of halogens is 1. The van der Waals surface area contributed by atoms with Gasteiger partial charge >= 0.3 is 6.03 Å². The molecule has 2 aliphatic heterocycles. The van der Waals surface area contributed by atoms with Gasteiger partial charge in [-0.2, -0.15) is 0 Å². The number of urea groups is 1. The van der Waals surface area contributed by atoms with Crippen molar-refractivity contribution in [1.82, 2.24) is 15.1 Å². The van der Waals surface area contributed by atoms with Crippen LogP contribution in [0.3, 0.4) is 0 Å². The van der Waals surface area contributed by atoms with Crippen molar-refractivity contribution >= 4 is 23.3 Å². The number of rotatable bonds is 7. The van der Waals surface area contributed by atoms with Crippen molar-refractivity contribution in [2.75, 3.05) is 32.8 Å². The third-order valence-corrected chi connectivity index (χ3v) is 7.18. The zero-order valence-electron chi connectivity index (χ0n) is 20.6. The van der Waals surface area contributed by atoms with Gasteiger partial charge in [-0.15, -0.1) is 11.3 Å². The molecule has 1 saturated heterocycles. The summed E-state index contributed by atoms with van der Waals surface area (Å²) in [5.74, 6) is 0.0918. The molecule has 3 amide bonds. The van der Waals surface area contributed by atoms with Crippen LogP contribution in [-0.4, -0.2) is 66.2 Å². The molecule has 2 aliphatic rings. The van der Waals surface area contributed by atoms with E-state index in [0.29, 0.717) is 25.4 Å². The quantitative estimate of drug-likeness (QED) is 0.609. The Bertz CT molecular complexity index is 1010. The lowest BCUT2D eigenvalue weighted by molar-refractivity contribution is -0.135. The summed E-state index contributed by atoms with van der Waals surface area (Å²) in [6.07, 6.45) is 2.55. The number of fused-ring (bicyclic) bond motifs is 1. The molecule has 1 aromatic heterocycles. The summed E-state index contributed by atoms with van der Waals surface area (Å²) in [7, 11) is 0. The lowest BCUT2D eigenvalue weighted by atomic mass is 10.0. The van der Waals surface area contributed by atoms with E-state index in [9.17, 15) is 14.0 Å². The van der Waals surface area contributed by atoms with Gasteiger partial charge in [-0.05, 0) is 81.3 Å². The molecule has 0 radical (unpaired) electrons. The zero-order chi connectivity index (χ0) is 25.0. The van der Waals surface area contributed by atoms with Crippen LogP contribution < -0.4 is 10.1 Å². The van der Waals surface area contributed by atoms with E-state index in [1.54, 1.807) is 28.4 Å². The molecule has 2 atom stereocenters. The number of benzene rings is 1. The van der Waals surface area contributed by atoms with E-state index in [4.69, 9.17) is 9.47 Å². The first kappa shape index (κ1) is 25.4. The molecule has 0 aliphatic carbocycles. The van der Waals surface area contributed by atoms with Crippen LogP contribution in [0.1, 0.15) is 50.1 Å². The van der Waals surface area contributed by atoms with E-state index in [2.05, 4.69) is 5.32 Å². The number of nitrogens with one attached hydrogen (secondary N) is 1. The van der Waals surface area contributed by atoms with Crippen molar-refractivity contribution in [2.45, 2.75) is 57.7 Å². The van der Waals surface area contributed by atoms with Gasteiger partial charge in [-0.25, -0.2) is 9.18 Å². The molecule has 190 valence electrons. The van der Waals surface area contributed by atoms with Crippen LogP contribution in [-0.2, 0) is 16.0 Å². The van der Waals surface area contributed by atoms with Crippen molar-refractivity contribution in [3.8, 4) is 5.75 Å². The van der Waals surface area contributed by atoms with Crippen molar-refractivity contribution in [3.05, 3.63) is 52.0 Å². The average Bonchev–Trinajstić information content (AvgIpc) is 3.48. The number of hydrogen-bond acceptors (Lipinski definition) is 5. The minimum absolute atomic E-state index is 0.0334. The van der Waals surface area contributed by atoms with Crippen LogP contribution in [0.15, 0.2) is 35.7 Å². The van der Waals surface area contributed by atoms with Gasteiger partial charge in [0.1, 0.15) is 24.7 Å². The lowest BCUT2D eigenvalue weighted by Crippen LogP contribution is -2.54. The van der Waals surface area contributed by atoms with Gasteiger partial charge < -0.3 is 24.6 Å². The molecule has 1 aromatic carbocycles. The molecule has 2 aromatic rings. The van der Waals surface area contributed by atoms with Gasteiger partial charge in [0.25, 0.3) is 0 Å². The second-order valence-electron chi connectivity index (χ2n) is 10.1. The van der Waals surface area contributed by atoms with Crippen LogP contribution in [0.5, 0.6) is 5.75 Å². The first-order valence-electron chi connectivity index (χ1n) is 12.1. The van der Waals surface area contributed by atoms with Gasteiger partial charge in [0.05, 0.1) is 12.1 Å². The number of carbonyl (C=O) groups excluding carboxylic acids is 2. The summed E-state index contributed by atoms with van der Waals surface area (Å²) in [6, 6.07) is 7.36. The fraction of sp³-hybridized carbons (Fsp3) is 0.538. The Balaban J connectivity index is 1.49. The molecule has 2 unspecified atom stereocenters. The maximum Gasteiger partial charge on any atom is 0.318 e. The van der Waals surface area contributed by atoms with Gasteiger partial charge in [0.15, 0.2) is 0 Å². The van der Waals surface area contributed by atoms with E-state index in [0.717, 1.165) is 24.8 Å². The highest BCUT2D eigenvalue weighted by atomic mass is 32.1. The topological polar surface area (TPSA) is 71.1 Å². The number of carbonyl (C=O) groups is 2. The molecular weight excluding hydrogens is 469 g/mol. The van der Waals surface area contributed by atoms with Crippen LogP contribution in [0, 0.1) is 5.82 Å². The highest BCUT2D eigenvalue weighted by molar-refractivity contribution is 7.10. The maximum atomic E-state index is 13.6. The fourth-order valence-electron chi connectivity index (χ4n) is 4.49. The average molecular weight is 504 g/mol. The van der Waals surface area contributed by atoms with E-state index < -0.39 is 5.54 Å². The molecule has 4 rings (SSSR count). The third kappa shape index (κ3) is 6.73. The normalized spacial score (nSPS) is 19.8. The molecule has 1 N–H and O–H groups in total. The molecule has 35 heavy (non-hydrogen) atoms. The second kappa shape index (κ2) is 11.0. The molecule has 0 saturated carbocycles. The van der Waals surface area contributed by atoms with E-state index in [-0.39, 0.29) is 43.1 Å². The number of thiophene rings is 1. The number of nitrogens with zero attached hydrogens (tertiary/aromatic N) is 2. The first-order chi connectivity index (χ1) is 16.7. The van der Waals surface area contributed by atoms with Crippen molar-refractivity contribution in [1.29, 1.82) is 0 Å². The van der Waals surface area contributed by atoms with Crippen molar-refractivity contribution in [2.24, 2.45) is 0 Å². The molecule has 3 heterocycles. The molecular formula is C26H34FN3O4S. The van der Waals surface area contributed by atoms with Crippen LogP contribution in [0.25, 0.3) is 0 Å². The molecule has 7 nitrogen and oxygen atoms in total. The van der Waals surface area contributed by atoms with Crippen LogP contribution in [0.2, 0.25) is 0 Å².